The second kappa shape index (κ2) is 11.8. The highest BCUT2D eigenvalue weighted by Gasteiger charge is 2.49. The maximum absolute atomic E-state index is 14.0. The van der Waals surface area contributed by atoms with Gasteiger partial charge < -0.3 is 10.0 Å². The van der Waals surface area contributed by atoms with E-state index in [1.54, 1.807) is 47.4 Å². The molecule has 3 aromatic carbocycles. The molecular weight excluding hydrogens is 566 g/mol. The highest BCUT2D eigenvalue weighted by atomic mass is 35.5. The Morgan fingerprint density at radius 3 is 2.51 bits per heavy atom. The van der Waals surface area contributed by atoms with E-state index in [2.05, 4.69) is 5.48 Å². The highest BCUT2D eigenvalue weighted by Crippen LogP contribution is 2.47. The van der Waals surface area contributed by atoms with Crippen molar-refractivity contribution in [3.8, 4) is 0 Å². The number of rotatable bonds is 6. The van der Waals surface area contributed by atoms with E-state index in [4.69, 9.17) is 39.6 Å². The first kappa shape index (κ1) is 27.9. The normalized spacial score (nSPS) is 22.9. The van der Waals surface area contributed by atoms with Crippen molar-refractivity contribution >= 4 is 46.6 Å². The fourth-order valence-corrected chi connectivity index (χ4v) is 6.32. The lowest BCUT2D eigenvalue weighted by atomic mass is 9.77. The number of halogens is 4. The summed E-state index contributed by atoms with van der Waals surface area (Å²) in [6.45, 7) is -0.102. The summed E-state index contributed by atoms with van der Waals surface area (Å²) in [5, 5.41) is 11.9. The fourth-order valence-electron chi connectivity index (χ4n) is 5.57. The summed E-state index contributed by atoms with van der Waals surface area (Å²) >= 11 is 19.0. The van der Waals surface area contributed by atoms with Crippen LogP contribution in [0.25, 0.3) is 0 Å². The van der Waals surface area contributed by atoms with Gasteiger partial charge in [-0.3, -0.25) is 14.4 Å². The standard InChI is InChI=1S/C29H26Cl3FN2O4/c30-17-10-12-21(23(32)13-17)27-26(28(37)34-39-15-16-9-11-18(33)14-22(16)31)19-5-1-2-6-20(19)29(38)35(27)24-7-3-4-8-25(24)36/h1-2,5-6,9-14,24-27,36H,3-4,7-8,15H2,(H,34,37)/t24-,25-,26+,27-/m0/s1. The number of benzene rings is 3. The Morgan fingerprint density at radius 1 is 1.00 bits per heavy atom. The number of carbonyl (C=O) groups is 2. The van der Waals surface area contributed by atoms with Gasteiger partial charge >= 0.3 is 0 Å². The van der Waals surface area contributed by atoms with E-state index in [0.29, 0.717) is 45.1 Å². The molecule has 1 fully saturated rings. The molecule has 5 rings (SSSR count). The lowest BCUT2D eigenvalue weighted by molar-refractivity contribution is -0.138. The van der Waals surface area contributed by atoms with Crippen molar-refractivity contribution in [1.82, 2.24) is 10.4 Å². The summed E-state index contributed by atoms with van der Waals surface area (Å²) in [6.07, 6.45) is 2.08. The number of fused-ring (bicyclic) bond motifs is 1. The topological polar surface area (TPSA) is 78.9 Å². The van der Waals surface area contributed by atoms with Gasteiger partial charge in [0.15, 0.2) is 0 Å². The molecule has 204 valence electrons. The smallest absolute Gasteiger partial charge is 0.255 e. The average molecular weight is 592 g/mol. The molecule has 0 unspecified atom stereocenters. The molecule has 3 aromatic rings. The first-order chi connectivity index (χ1) is 18.8. The summed E-state index contributed by atoms with van der Waals surface area (Å²) in [6, 6.07) is 14.4. The second-order valence-electron chi connectivity index (χ2n) is 9.80. The third-order valence-corrected chi connectivity index (χ3v) is 8.32. The number of hydrogen-bond acceptors (Lipinski definition) is 4. The summed E-state index contributed by atoms with van der Waals surface area (Å²) < 4.78 is 13.4. The van der Waals surface area contributed by atoms with Crippen molar-refractivity contribution in [3.05, 3.63) is 104 Å². The molecule has 2 aliphatic rings. The molecular formula is C29H26Cl3FN2O4. The number of aliphatic hydroxyl groups excluding tert-OH is 1. The van der Waals surface area contributed by atoms with Gasteiger partial charge in [-0.25, -0.2) is 9.87 Å². The van der Waals surface area contributed by atoms with Gasteiger partial charge in [-0.15, -0.1) is 0 Å². The SMILES string of the molecule is O=C(NOCc1ccc(F)cc1Cl)[C@@H]1c2ccccc2C(=O)N([C@H]2CCCC[C@@H]2O)[C@H]1c1ccc(Cl)cc1Cl. The van der Waals surface area contributed by atoms with Gasteiger partial charge in [0.2, 0.25) is 0 Å². The van der Waals surface area contributed by atoms with Crippen LogP contribution in [-0.4, -0.2) is 34.0 Å². The Morgan fingerprint density at radius 2 is 1.77 bits per heavy atom. The van der Waals surface area contributed by atoms with Crippen LogP contribution in [0.5, 0.6) is 0 Å². The molecule has 10 heteroatoms. The number of hydroxylamine groups is 1. The minimum absolute atomic E-state index is 0.102. The number of amides is 2. The van der Waals surface area contributed by atoms with Crippen molar-refractivity contribution < 1.29 is 23.9 Å². The van der Waals surface area contributed by atoms with E-state index < -0.39 is 35.8 Å². The monoisotopic (exact) mass is 590 g/mol. The lowest BCUT2D eigenvalue weighted by Gasteiger charge is -2.48. The van der Waals surface area contributed by atoms with Crippen molar-refractivity contribution in [2.45, 2.75) is 56.4 Å². The maximum Gasteiger partial charge on any atom is 0.255 e. The summed E-state index contributed by atoms with van der Waals surface area (Å²) in [5.74, 6) is -2.20. The lowest BCUT2D eigenvalue weighted by Crippen LogP contribution is -2.55. The van der Waals surface area contributed by atoms with Crippen molar-refractivity contribution in [2.75, 3.05) is 0 Å². The molecule has 2 amide bonds. The van der Waals surface area contributed by atoms with Crippen LogP contribution in [0.1, 0.15) is 64.7 Å². The number of carbonyl (C=O) groups excluding carboxylic acids is 2. The molecule has 39 heavy (non-hydrogen) atoms. The van der Waals surface area contributed by atoms with Gasteiger partial charge in [0.1, 0.15) is 12.4 Å². The number of nitrogens with zero attached hydrogens (tertiary/aromatic N) is 1. The molecule has 2 N–H and O–H groups in total. The maximum atomic E-state index is 14.0. The van der Waals surface area contributed by atoms with Gasteiger partial charge in [-0.05, 0) is 59.9 Å². The minimum atomic E-state index is -0.921. The van der Waals surface area contributed by atoms with Gasteiger partial charge in [0, 0.05) is 20.6 Å². The third-order valence-electron chi connectivity index (χ3n) is 7.41. The Bertz CT molecular complexity index is 1400. The van der Waals surface area contributed by atoms with Crippen LogP contribution >= 0.6 is 34.8 Å². The van der Waals surface area contributed by atoms with Crippen LogP contribution in [0.4, 0.5) is 4.39 Å². The van der Waals surface area contributed by atoms with E-state index >= 15 is 0 Å². The zero-order valence-corrected chi connectivity index (χ0v) is 23.0. The van der Waals surface area contributed by atoms with Crippen LogP contribution < -0.4 is 5.48 Å². The number of aliphatic hydroxyl groups is 1. The number of hydrogen-bond donors (Lipinski definition) is 2. The molecule has 0 bridgehead atoms. The van der Waals surface area contributed by atoms with Crippen LogP contribution in [-0.2, 0) is 16.2 Å². The average Bonchev–Trinajstić information content (AvgIpc) is 2.90. The second-order valence-corrected chi connectivity index (χ2v) is 11.0. The zero-order chi connectivity index (χ0) is 27.7. The fraction of sp³-hybridized carbons (Fsp3) is 0.310. The molecule has 0 saturated heterocycles. The predicted molar refractivity (Wildman–Crippen MR) is 147 cm³/mol. The number of nitrogens with one attached hydrogen (secondary N) is 1. The Balaban J connectivity index is 1.55. The van der Waals surface area contributed by atoms with Gasteiger partial charge in [0.25, 0.3) is 11.8 Å². The molecule has 1 aliphatic carbocycles. The van der Waals surface area contributed by atoms with E-state index in [1.807, 2.05) is 0 Å². The molecule has 0 aromatic heterocycles. The van der Waals surface area contributed by atoms with E-state index in [1.165, 1.54) is 12.1 Å². The molecule has 4 atom stereocenters. The Hall–Kier alpha value is -2.68. The van der Waals surface area contributed by atoms with Crippen LogP contribution in [0.2, 0.25) is 15.1 Å². The van der Waals surface area contributed by atoms with Gasteiger partial charge in [-0.2, -0.15) is 0 Å². The van der Waals surface area contributed by atoms with Crippen molar-refractivity contribution in [1.29, 1.82) is 0 Å². The summed E-state index contributed by atoms with van der Waals surface area (Å²) in [4.78, 5) is 35.0. The van der Waals surface area contributed by atoms with Crippen molar-refractivity contribution in [3.63, 3.8) is 0 Å². The first-order valence-corrected chi connectivity index (χ1v) is 13.8. The third kappa shape index (κ3) is 5.65. The predicted octanol–water partition coefficient (Wildman–Crippen LogP) is 6.62. The quantitative estimate of drug-likeness (QED) is 0.316. The molecule has 6 nitrogen and oxygen atoms in total. The van der Waals surface area contributed by atoms with E-state index in [9.17, 15) is 19.1 Å². The van der Waals surface area contributed by atoms with Crippen molar-refractivity contribution in [2.24, 2.45) is 0 Å². The highest BCUT2D eigenvalue weighted by molar-refractivity contribution is 6.35. The van der Waals surface area contributed by atoms with Gasteiger partial charge in [-0.1, -0.05) is 78.0 Å². The summed E-state index contributed by atoms with van der Waals surface area (Å²) in [7, 11) is 0. The Kier molecular flexibility index (Phi) is 8.45. The summed E-state index contributed by atoms with van der Waals surface area (Å²) in [5.41, 5.74) is 4.41. The molecule has 1 heterocycles. The Labute approximate surface area is 240 Å². The largest absolute Gasteiger partial charge is 0.391 e. The van der Waals surface area contributed by atoms with Crippen LogP contribution in [0.15, 0.2) is 60.7 Å². The van der Waals surface area contributed by atoms with Gasteiger partial charge in [0.05, 0.1) is 24.1 Å². The molecule has 1 saturated carbocycles. The molecule has 0 spiro atoms. The molecule has 1 aliphatic heterocycles. The molecule has 0 radical (unpaired) electrons. The van der Waals surface area contributed by atoms with E-state index in [0.717, 1.165) is 18.9 Å². The zero-order valence-electron chi connectivity index (χ0n) is 20.7. The van der Waals surface area contributed by atoms with Crippen LogP contribution in [0, 0.1) is 5.82 Å². The minimum Gasteiger partial charge on any atom is -0.391 e. The van der Waals surface area contributed by atoms with Crippen LogP contribution in [0.3, 0.4) is 0 Å². The van der Waals surface area contributed by atoms with E-state index in [-0.39, 0.29) is 17.5 Å². The first-order valence-electron chi connectivity index (χ1n) is 12.7.